The molecule has 0 spiro atoms. The average Bonchev–Trinajstić information content (AvgIpc) is 2.74. The van der Waals surface area contributed by atoms with Crippen LogP contribution in [0.4, 0.5) is 0 Å². The van der Waals surface area contributed by atoms with Gasteiger partial charge in [0, 0.05) is 28.8 Å². The first-order chi connectivity index (χ1) is 8.33. The number of benzene rings is 1. The van der Waals surface area contributed by atoms with Gasteiger partial charge in [-0.3, -0.25) is 0 Å². The van der Waals surface area contributed by atoms with Crippen molar-refractivity contribution >= 4 is 22.7 Å². The van der Waals surface area contributed by atoms with Gasteiger partial charge in [0.15, 0.2) is 0 Å². The standard InChI is InChI=1S/C13H16N2OS/c14-10-5-6-16-8-12(10)17-13-7-9-3-1-2-4-11(9)15-13/h1-4,7,10,12,15H,5-6,8,14H2. The molecule has 1 aromatic heterocycles. The Morgan fingerprint density at radius 2 is 2.24 bits per heavy atom. The van der Waals surface area contributed by atoms with E-state index in [4.69, 9.17) is 10.5 Å². The number of nitrogens with two attached hydrogens (primary N) is 1. The highest BCUT2D eigenvalue weighted by atomic mass is 32.2. The van der Waals surface area contributed by atoms with Crippen LogP contribution in [0.1, 0.15) is 6.42 Å². The molecule has 1 aliphatic heterocycles. The summed E-state index contributed by atoms with van der Waals surface area (Å²) in [6.45, 7) is 1.55. The van der Waals surface area contributed by atoms with E-state index in [0.29, 0.717) is 5.25 Å². The summed E-state index contributed by atoms with van der Waals surface area (Å²) in [5.41, 5.74) is 7.29. The molecule has 1 aliphatic rings. The van der Waals surface area contributed by atoms with Crippen LogP contribution in [0, 0.1) is 0 Å². The Hall–Kier alpha value is -0.970. The molecule has 2 aromatic rings. The third-order valence-electron chi connectivity index (χ3n) is 3.14. The quantitative estimate of drug-likeness (QED) is 0.858. The first-order valence-corrected chi connectivity index (χ1v) is 6.78. The molecule has 0 saturated carbocycles. The van der Waals surface area contributed by atoms with Crippen LogP contribution in [0.5, 0.6) is 0 Å². The normalized spacial score (nSPS) is 25.2. The van der Waals surface area contributed by atoms with Gasteiger partial charge in [-0.1, -0.05) is 18.2 Å². The van der Waals surface area contributed by atoms with E-state index in [1.165, 1.54) is 15.9 Å². The summed E-state index contributed by atoms with van der Waals surface area (Å²) in [6, 6.07) is 10.7. The third-order valence-corrected chi connectivity index (χ3v) is 4.40. The fourth-order valence-electron chi connectivity index (χ4n) is 2.12. The number of nitrogens with one attached hydrogen (secondary N) is 1. The number of para-hydroxylation sites is 1. The summed E-state index contributed by atoms with van der Waals surface area (Å²) in [5, 5.41) is 2.79. The van der Waals surface area contributed by atoms with Gasteiger partial charge in [-0.15, -0.1) is 11.8 Å². The van der Waals surface area contributed by atoms with Crippen LogP contribution in [0.15, 0.2) is 35.4 Å². The Morgan fingerprint density at radius 3 is 3.06 bits per heavy atom. The van der Waals surface area contributed by atoms with Crippen LogP contribution in [0.3, 0.4) is 0 Å². The van der Waals surface area contributed by atoms with Crippen molar-refractivity contribution in [3.8, 4) is 0 Å². The molecule has 90 valence electrons. The van der Waals surface area contributed by atoms with E-state index in [1.807, 2.05) is 6.07 Å². The van der Waals surface area contributed by atoms with Crippen molar-refractivity contribution in [1.29, 1.82) is 0 Å². The topological polar surface area (TPSA) is 51.0 Å². The minimum atomic E-state index is 0.236. The lowest BCUT2D eigenvalue weighted by atomic mass is 10.1. The lowest BCUT2D eigenvalue weighted by Crippen LogP contribution is -2.40. The number of hydrogen-bond acceptors (Lipinski definition) is 3. The van der Waals surface area contributed by atoms with Crippen LogP contribution in [-0.2, 0) is 4.74 Å². The predicted octanol–water partition coefficient (Wildman–Crippen LogP) is 2.38. The Balaban J connectivity index is 1.79. The van der Waals surface area contributed by atoms with Gasteiger partial charge in [-0.25, -0.2) is 0 Å². The van der Waals surface area contributed by atoms with Crippen molar-refractivity contribution in [2.45, 2.75) is 22.7 Å². The van der Waals surface area contributed by atoms with Gasteiger partial charge in [0.05, 0.1) is 11.6 Å². The number of H-pyrrole nitrogens is 1. The van der Waals surface area contributed by atoms with E-state index >= 15 is 0 Å². The van der Waals surface area contributed by atoms with E-state index in [9.17, 15) is 0 Å². The van der Waals surface area contributed by atoms with Gasteiger partial charge in [-0.2, -0.15) is 0 Å². The minimum absolute atomic E-state index is 0.236. The highest BCUT2D eigenvalue weighted by molar-refractivity contribution is 8.00. The predicted molar refractivity (Wildman–Crippen MR) is 71.4 cm³/mol. The number of thioether (sulfide) groups is 1. The molecule has 1 aromatic carbocycles. The molecule has 3 rings (SSSR count). The van der Waals surface area contributed by atoms with E-state index < -0.39 is 0 Å². The maximum Gasteiger partial charge on any atom is 0.0736 e. The molecule has 1 saturated heterocycles. The maximum absolute atomic E-state index is 6.11. The first-order valence-electron chi connectivity index (χ1n) is 5.91. The van der Waals surface area contributed by atoms with Crippen molar-refractivity contribution < 1.29 is 4.74 Å². The molecule has 4 heteroatoms. The Bertz CT molecular complexity index is 478. The highest BCUT2D eigenvalue weighted by Gasteiger charge is 2.23. The fraction of sp³-hybridized carbons (Fsp3) is 0.385. The van der Waals surface area contributed by atoms with Crippen LogP contribution in [-0.4, -0.2) is 29.5 Å². The number of ether oxygens (including phenoxy) is 1. The third kappa shape index (κ3) is 2.34. The monoisotopic (exact) mass is 248 g/mol. The largest absolute Gasteiger partial charge is 0.380 e. The number of hydrogen-bond donors (Lipinski definition) is 2. The lowest BCUT2D eigenvalue weighted by molar-refractivity contribution is 0.0915. The molecule has 2 atom stereocenters. The summed E-state index contributed by atoms with van der Waals surface area (Å²) in [6.07, 6.45) is 0.956. The van der Waals surface area contributed by atoms with Crippen LogP contribution in [0.2, 0.25) is 0 Å². The van der Waals surface area contributed by atoms with E-state index in [2.05, 4.69) is 29.2 Å². The summed E-state index contributed by atoms with van der Waals surface area (Å²) in [5.74, 6) is 0. The van der Waals surface area contributed by atoms with Crippen LogP contribution < -0.4 is 5.73 Å². The Kier molecular flexibility index (Phi) is 3.09. The molecule has 2 heterocycles. The van der Waals surface area contributed by atoms with Gasteiger partial charge in [-0.05, 0) is 18.6 Å². The van der Waals surface area contributed by atoms with E-state index in [-0.39, 0.29) is 6.04 Å². The fourth-order valence-corrected chi connectivity index (χ4v) is 3.29. The van der Waals surface area contributed by atoms with Crippen molar-refractivity contribution in [2.24, 2.45) is 5.73 Å². The zero-order valence-electron chi connectivity index (χ0n) is 9.56. The first kappa shape index (κ1) is 11.1. The summed E-state index contributed by atoms with van der Waals surface area (Å²) < 4.78 is 5.48. The van der Waals surface area contributed by atoms with Crippen molar-refractivity contribution in [3.05, 3.63) is 30.3 Å². The molecule has 3 N–H and O–H groups in total. The average molecular weight is 248 g/mol. The Morgan fingerprint density at radius 1 is 1.35 bits per heavy atom. The molecule has 17 heavy (non-hydrogen) atoms. The molecular weight excluding hydrogens is 232 g/mol. The van der Waals surface area contributed by atoms with Crippen LogP contribution in [0.25, 0.3) is 10.9 Å². The molecule has 0 bridgehead atoms. The molecular formula is C13H16N2OS. The van der Waals surface area contributed by atoms with Crippen LogP contribution >= 0.6 is 11.8 Å². The minimum Gasteiger partial charge on any atom is -0.380 e. The van der Waals surface area contributed by atoms with Gasteiger partial charge in [0.1, 0.15) is 0 Å². The lowest BCUT2D eigenvalue weighted by Gasteiger charge is -2.27. The second kappa shape index (κ2) is 4.72. The molecule has 0 radical (unpaired) electrons. The van der Waals surface area contributed by atoms with Crippen molar-refractivity contribution in [1.82, 2.24) is 4.98 Å². The van der Waals surface area contributed by atoms with Gasteiger partial charge < -0.3 is 15.5 Å². The molecule has 0 amide bonds. The second-order valence-electron chi connectivity index (χ2n) is 4.40. The second-order valence-corrected chi connectivity index (χ2v) is 5.69. The number of aromatic nitrogens is 1. The number of aromatic amines is 1. The van der Waals surface area contributed by atoms with Gasteiger partial charge in [0.25, 0.3) is 0 Å². The SMILES string of the molecule is NC1CCOCC1Sc1cc2ccccc2[nH]1. The molecule has 3 nitrogen and oxygen atoms in total. The van der Waals surface area contributed by atoms with Crippen molar-refractivity contribution in [3.63, 3.8) is 0 Å². The zero-order valence-corrected chi connectivity index (χ0v) is 10.4. The smallest absolute Gasteiger partial charge is 0.0736 e. The number of rotatable bonds is 2. The van der Waals surface area contributed by atoms with E-state index in [0.717, 1.165) is 19.6 Å². The highest BCUT2D eigenvalue weighted by Crippen LogP contribution is 2.30. The zero-order chi connectivity index (χ0) is 11.7. The van der Waals surface area contributed by atoms with Gasteiger partial charge >= 0.3 is 0 Å². The van der Waals surface area contributed by atoms with E-state index in [1.54, 1.807) is 11.8 Å². The summed E-state index contributed by atoms with van der Waals surface area (Å²) in [4.78, 5) is 3.42. The van der Waals surface area contributed by atoms with Crippen molar-refractivity contribution in [2.75, 3.05) is 13.2 Å². The molecule has 2 unspecified atom stereocenters. The Labute approximate surface area is 105 Å². The molecule has 0 aliphatic carbocycles. The summed E-state index contributed by atoms with van der Waals surface area (Å²) in [7, 11) is 0. The van der Waals surface area contributed by atoms with Gasteiger partial charge in [0.2, 0.25) is 0 Å². The summed E-state index contributed by atoms with van der Waals surface area (Å²) >= 11 is 1.79. The maximum atomic E-state index is 6.11. The number of fused-ring (bicyclic) bond motifs is 1. The molecule has 1 fully saturated rings.